The van der Waals surface area contributed by atoms with Crippen molar-refractivity contribution in [2.45, 2.75) is 26.3 Å². The Bertz CT molecular complexity index is 798. The summed E-state index contributed by atoms with van der Waals surface area (Å²) in [5.41, 5.74) is 1.18. The molecule has 0 atom stereocenters. The predicted molar refractivity (Wildman–Crippen MR) is 90.1 cm³/mol. The molecule has 0 bridgehead atoms. The number of carbonyl (C=O) groups excluding carboxylic acids is 1. The number of aromatic nitrogens is 1. The Balaban J connectivity index is 1.81. The second-order valence-corrected chi connectivity index (χ2v) is 5.45. The van der Waals surface area contributed by atoms with Crippen LogP contribution in [0.15, 0.2) is 47.4 Å². The van der Waals surface area contributed by atoms with Crippen molar-refractivity contribution in [2.75, 3.05) is 6.54 Å². The molecule has 1 N–H and O–H groups in total. The zero-order chi connectivity index (χ0) is 17.5. The molecule has 0 fully saturated rings. The van der Waals surface area contributed by atoms with Crippen LogP contribution in [0.1, 0.15) is 28.8 Å². The van der Waals surface area contributed by atoms with Crippen molar-refractivity contribution in [1.82, 2.24) is 9.88 Å². The van der Waals surface area contributed by atoms with Gasteiger partial charge in [-0.2, -0.15) is 0 Å². The lowest BCUT2D eigenvalue weighted by Gasteiger charge is -2.08. The van der Waals surface area contributed by atoms with Crippen molar-refractivity contribution in [3.8, 4) is 0 Å². The monoisotopic (exact) mass is 329 g/mol. The zero-order valence-corrected chi connectivity index (χ0v) is 13.4. The van der Waals surface area contributed by atoms with Crippen LogP contribution < -0.4 is 10.9 Å². The number of nitro groups is 1. The van der Waals surface area contributed by atoms with Crippen LogP contribution in [0.5, 0.6) is 0 Å². The van der Waals surface area contributed by atoms with Crippen molar-refractivity contribution < 1.29 is 9.72 Å². The SMILES string of the molecule is Cc1ccccc1C(=O)NCCCCn1cc([N+](=O)[O-])ccc1=O. The molecule has 0 aliphatic heterocycles. The van der Waals surface area contributed by atoms with E-state index in [2.05, 4.69) is 5.32 Å². The maximum absolute atomic E-state index is 12.0. The van der Waals surface area contributed by atoms with Crippen LogP contribution in [0.2, 0.25) is 0 Å². The van der Waals surface area contributed by atoms with Crippen LogP contribution in [-0.4, -0.2) is 21.9 Å². The summed E-state index contributed by atoms with van der Waals surface area (Å²) < 4.78 is 1.32. The van der Waals surface area contributed by atoms with Gasteiger partial charge in [0.15, 0.2) is 0 Å². The van der Waals surface area contributed by atoms with Crippen molar-refractivity contribution in [2.24, 2.45) is 0 Å². The third-order valence-corrected chi connectivity index (χ3v) is 3.68. The molecule has 0 spiro atoms. The van der Waals surface area contributed by atoms with E-state index in [0.717, 1.165) is 5.56 Å². The Morgan fingerprint density at radius 3 is 2.67 bits per heavy atom. The van der Waals surface area contributed by atoms with Gasteiger partial charge in [0, 0.05) is 30.8 Å². The van der Waals surface area contributed by atoms with Crippen LogP contribution in [0.25, 0.3) is 0 Å². The number of hydrogen-bond acceptors (Lipinski definition) is 4. The Hall–Kier alpha value is -2.96. The molecule has 1 aromatic heterocycles. The summed E-state index contributed by atoms with van der Waals surface area (Å²) in [6, 6.07) is 9.73. The summed E-state index contributed by atoms with van der Waals surface area (Å²) in [6.07, 6.45) is 2.55. The van der Waals surface area contributed by atoms with Gasteiger partial charge in [-0.05, 0) is 31.4 Å². The molecule has 7 nitrogen and oxygen atoms in total. The number of aryl methyl sites for hydroxylation is 2. The number of pyridine rings is 1. The molecule has 0 saturated carbocycles. The molecule has 0 aliphatic rings. The van der Waals surface area contributed by atoms with E-state index in [1.165, 1.54) is 22.9 Å². The van der Waals surface area contributed by atoms with Crippen molar-refractivity contribution >= 4 is 11.6 Å². The molecular formula is C17H19N3O4. The highest BCUT2D eigenvalue weighted by molar-refractivity contribution is 5.95. The average molecular weight is 329 g/mol. The average Bonchev–Trinajstić information content (AvgIpc) is 2.56. The minimum Gasteiger partial charge on any atom is -0.352 e. The van der Waals surface area contributed by atoms with Crippen molar-refractivity contribution in [3.05, 3.63) is 74.2 Å². The molecule has 1 amide bonds. The first kappa shape index (κ1) is 17.4. The number of hydrogen-bond donors (Lipinski definition) is 1. The first-order valence-corrected chi connectivity index (χ1v) is 7.68. The lowest BCUT2D eigenvalue weighted by Crippen LogP contribution is -2.25. The molecule has 0 saturated heterocycles. The number of carbonyl (C=O) groups is 1. The van der Waals surface area contributed by atoms with Gasteiger partial charge in [-0.25, -0.2) is 0 Å². The van der Waals surface area contributed by atoms with E-state index in [9.17, 15) is 19.7 Å². The second kappa shape index (κ2) is 8.05. The van der Waals surface area contributed by atoms with Gasteiger partial charge in [-0.3, -0.25) is 19.7 Å². The van der Waals surface area contributed by atoms with Gasteiger partial charge in [0.05, 0.1) is 11.1 Å². The van der Waals surface area contributed by atoms with Crippen LogP contribution >= 0.6 is 0 Å². The van der Waals surface area contributed by atoms with Crippen molar-refractivity contribution in [3.63, 3.8) is 0 Å². The highest BCUT2D eigenvalue weighted by Gasteiger charge is 2.08. The molecule has 1 aromatic carbocycles. The van der Waals surface area contributed by atoms with Crippen LogP contribution in [0, 0.1) is 17.0 Å². The lowest BCUT2D eigenvalue weighted by atomic mass is 10.1. The highest BCUT2D eigenvalue weighted by atomic mass is 16.6. The van der Waals surface area contributed by atoms with E-state index in [0.29, 0.717) is 31.5 Å². The standard InChI is InChI=1S/C17H19N3O4/c1-13-6-2-3-7-15(13)17(22)18-10-4-5-11-19-12-14(20(23)24)8-9-16(19)21/h2-3,6-9,12H,4-5,10-11H2,1H3,(H,18,22). The number of amides is 1. The highest BCUT2D eigenvalue weighted by Crippen LogP contribution is 2.08. The quantitative estimate of drug-likeness (QED) is 0.479. The molecule has 7 heteroatoms. The molecular weight excluding hydrogens is 310 g/mol. The molecule has 126 valence electrons. The van der Waals surface area contributed by atoms with Gasteiger partial charge >= 0.3 is 0 Å². The molecule has 2 rings (SSSR count). The summed E-state index contributed by atoms with van der Waals surface area (Å²) in [4.78, 5) is 33.9. The first-order valence-electron chi connectivity index (χ1n) is 7.68. The number of unbranched alkanes of at least 4 members (excludes halogenated alkanes) is 1. The normalized spacial score (nSPS) is 10.4. The minimum absolute atomic E-state index is 0.109. The Kier molecular flexibility index (Phi) is 5.83. The fourth-order valence-corrected chi connectivity index (χ4v) is 2.33. The summed E-state index contributed by atoms with van der Waals surface area (Å²) in [5.74, 6) is -0.124. The fourth-order valence-electron chi connectivity index (χ4n) is 2.33. The molecule has 1 heterocycles. The maximum atomic E-state index is 12.0. The summed E-state index contributed by atoms with van der Waals surface area (Å²) in [5, 5.41) is 13.6. The van der Waals surface area contributed by atoms with Gasteiger partial charge in [0.25, 0.3) is 17.2 Å². The Morgan fingerprint density at radius 2 is 1.96 bits per heavy atom. The van der Waals surface area contributed by atoms with Crippen molar-refractivity contribution in [1.29, 1.82) is 0 Å². The minimum atomic E-state index is -0.529. The number of rotatable bonds is 7. The van der Waals surface area contributed by atoms with E-state index in [-0.39, 0.29) is 17.2 Å². The Morgan fingerprint density at radius 1 is 1.21 bits per heavy atom. The zero-order valence-electron chi connectivity index (χ0n) is 13.4. The van der Waals surface area contributed by atoms with Crippen LogP contribution in [-0.2, 0) is 6.54 Å². The second-order valence-electron chi connectivity index (χ2n) is 5.45. The molecule has 0 radical (unpaired) electrons. The van der Waals surface area contributed by atoms with Gasteiger partial charge in [-0.15, -0.1) is 0 Å². The van der Waals surface area contributed by atoms with Crippen LogP contribution in [0.4, 0.5) is 5.69 Å². The lowest BCUT2D eigenvalue weighted by molar-refractivity contribution is -0.385. The number of nitrogens with zero attached hydrogens (tertiary/aromatic N) is 2. The van der Waals surface area contributed by atoms with E-state index in [1.807, 2.05) is 25.1 Å². The van der Waals surface area contributed by atoms with E-state index < -0.39 is 4.92 Å². The topological polar surface area (TPSA) is 94.2 Å². The van der Waals surface area contributed by atoms with E-state index in [4.69, 9.17) is 0 Å². The van der Waals surface area contributed by atoms with E-state index in [1.54, 1.807) is 6.07 Å². The van der Waals surface area contributed by atoms with Crippen LogP contribution in [0.3, 0.4) is 0 Å². The van der Waals surface area contributed by atoms with E-state index >= 15 is 0 Å². The predicted octanol–water partition coefficient (Wildman–Crippen LogP) is 2.28. The first-order chi connectivity index (χ1) is 11.5. The maximum Gasteiger partial charge on any atom is 0.285 e. The van der Waals surface area contributed by atoms with Gasteiger partial charge in [-0.1, -0.05) is 18.2 Å². The Labute approximate surface area is 139 Å². The summed E-state index contributed by atoms with van der Waals surface area (Å²) >= 11 is 0. The smallest absolute Gasteiger partial charge is 0.285 e. The van der Waals surface area contributed by atoms with Gasteiger partial charge in [0.1, 0.15) is 0 Å². The fraction of sp³-hybridized carbons (Fsp3) is 0.294. The number of nitrogens with one attached hydrogen (secondary N) is 1. The summed E-state index contributed by atoms with van der Waals surface area (Å²) in [6.45, 7) is 2.74. The third kappa shape index (κ3) is 4.52. The molecule has 2 aromatic rings. The molecule has 24 heavy (non-hydrogen) atoms. The largest absolute Gasteiger partial charge is 0.352 e. The third-order valence-electron chi connectivity index (χ3n) is 3.68. The summed E-state index contributed by atoms with van der Waals surface area (Å²) in [7, 11) is 0. The van der Waals surface area contributed by atoms with Gasteiger partial charge in [0.2, 0.25) is 0 Å². The molecule has 0 aliphatic carbocycles. The number of benzene rings is 1. The molecule has 0 unspecified atom stereocenters. The van der Waals surface area contributed by atoms with Gasteiger partial charge < -0.3 is 9.88 Å².